The van der Waals surface area contributed by atoms with Crippen LogP contribution in [0.4, 0.5) is 0 Å². The molecule has 1 aliphatic rings. The van der Waals surface area contributed by atoms with Crippen molar-refractivity contribution in [1.29, 1.82) is 0 Å². The van der Waals surface area contributed by atoms with E-state index >= 15 is 0 Å². The second-order valence-electron chi connectivity index (χ2n) is 5.26. The fraction of sp³-hybridized carbons (Fsp3) is 0.615. The zero-order valence-electron chi connectivity index (χ0n) is 11.5. The summed E-state index contributed by atoms with van der Waals surface area (Å²) in [5, 5.41) is 19.8. The minimum absolute atomic E-state index is 0.0607. The summed E-state index contributed by atoms with van der Waals surface area (Å²) in [4.78, 5) is 10.7. The van der Waals surface area contributed by atoms with Crippen molar-refractivity contribution in [3.05, 3.63) is 16.3 Å². The highest BCUT2D eigenvalue weighted by molar-refractivity contribution is 7.89. The molecule has 2 atom stereocenters. The van der Waals surface area contributed by atoms with Crippen molar-refractivity contribution in [3.8, 4) is 0 Å². The summed E-state index contributed by atoms with van der Waals surface area (Å²) in [6.07, 6.45) is 3.87. The molecule has 2 unspecified atom stereocenters. The zero-order valence-corrected chi connectivity index (χ0v) is 13.1. The maximum atomic E-state index is 12.2. The van der Waals surface area contributed by atoms with Gasteiger partial charge >= 0.3 is 5.97 Å². The van der Waals surface area contributed by atoms with E-state index < -0.39 is 16.0 Å². The lowest BCUT2D eigenvalue weighted by atomic mass is 9.80. The minimum Gasteiger partial charge on any atom is -0.477 e. The third-order valence-electron chi connectivity index (χ3n) is 3.95. The highest BCUT2D eigenvalue weighted by Crippen LogP contribution is 2.30. The first-order valence-electron chi connectivity index (χ1n) is 6.87. The van der Waals surface area contributed by atoms with Gasteiger partial charge in [-0.05, 0) is 36.1 Å². The van der Waals surface area contributed by atoms with Crippen LogP contribution in [0.1, 0.15) is 35.4 Å². The van der Waals surface area contributed by atoms with Crippen molar-refractivity contribution in [3.63, 3.8) is 0 Å². The molecule has 21 heavy (non-hydrogen) atoms. The Morgan fingerprint density at radius 2 is 2.00 bits per heavy atom. The quantitative estimate of drug-likeness (QED) is 0.732. The Morgan fingerprint density at radius 1 is 1.33 bits per heavy atom. The van der Waals surface area contributed by atoms with Crippen molar-refractivity contribution < 1.29 is 23.4 Å². The summed E-state index contributed by atoms with van der Waals surface area (Å²) in [5.41, 5.74) is 0. The van der Waals surface area contributed by atoms with Gasteiger partial charge in [-0.1, -0.05) is 12.8 Å². The van der Waals surface area contributed by atoms with Crippen LogP contribution in [-0.4, -0.2) is 37.8 Å². The largest absolute Gasteiger partial charge is 0.477 e. The standard InChI is InChI=1S/C13H19NO5S2/c15-8-10-4-2-1-3-9(10)7-14-21(18,19)11-5-6-20-12(11)13(16)17/h5-6,9-10,14-15H,1-4,7-8H2,(H,16,17). The SMILES string of the molecule is O=C(O)c1sccc1S(=O)(=O)NCC1CCCCC1CO. The van der Waals surface area contributed by atoms with Crippen molar-refractivity contribution in [1.82, 2.24) is 4.72 Å². The highest BCUT2D eigenvalue weighted by Gasteiger charge is 2.28. The smallest absolute Gasteiger partial charge is 0.347 e. The Kier molecular flexibility index (Phi) is 5.37. The summed E-state index contributed by atoms with van der Waals surface area (Å²) in [6, 6.07) is 1.31. The van der Waals surface area contributed by atoms with Gasteiger partial charge in [0.1, 0.15) is 9.77 Å². The maximum Gasteiger partial charge on any atom is 0.347 e. The molecular formula is C13H19NO5S2. The predicted molar refractivity (Wildman–Crippen MR) is 79.0 cm³/mol. The van der Waals surface area contributed by atoms with E-state index in [4.69, 9.17) is 5.11 Å². The number of carbonyl (C=O) groups is 1. The molecule has 1 heterocycles. The lowest BCUT2D eigenvalue weighted by Crippen LogP contribution is -2.35. The van der Waals surface area contributed by atoms with E-state index in [1.807, 2.05) is 0 Å². The Labute approximate surface area is 127 Å². The van der Waals surface area contributed by atoms with Crippen molar-refractivity contribution in [2.24, 2.45) is 11.8 Å². The molecule has 1 saturated carbocycles. The second-order valence-corrected chi connectivity index (χ2v) is 7.91. The van der Waals surface area contributed by atoms with Crippen LogP contribution < -0.4 is 4.72 Å². The number of aromatic carboxylic acids is 1. The third-order valence-corrected chi connectivity index (χ3v) is 6.45. The van der Waals surface area contributed by atoms with Crippen molar-refractivity contribution in [2.45, 2.75) is 30.6 Å². The van der Waals surface area contributed by atoms with Gasteiger partial charge in [0.05, 0.1) is 0 Å². The first kappa shape index (κ1) is 16.4. The Morgan fingerprint density at radius 3 is 2.62 bits per heavy atom. The minimum atomic E-state index is -3.83. The molecule has 1 fully saturated rings. The number of carboxylic acids is 1. The van der Waals surface area contributed by atoms with E-state index in [1.54, 1.807) is 0 Å². The van der Waals surface area contributed by atoms with Gasteiger partial charge in [-0.25, -0.2) is 17.9 Å². The van der Waals surface area contributed by atoms with Crippen molar-refractivity contribution in [2.75, 3.05) is 13.2 Å². The van der Waals surface area contributed by atoms with Crippen LogP contribution in [-0.2, 0) is 10.0 Å². The van der Waals surface area contributed by atoms with Crippen molar-refractivity contribution >= 4 is 27.3 Å². The van der Waals surface area contributed by atoms with Gasteiger partial charge in [-0.3, -0.25) is 0 Å². The molecular weight excluding hydrogens is 314 g/mol. The van der Waals surface area contributed by atoms with Gasteiger partial charge in [0, 0.05) is 13.2 Å². The van der Waals surface area contributed by atoms with Crippen LogP contribution in [0, 0.1) is 11.8 Å². The Balaban J connectivity index is 2.07. The first-order chi connectivity index (χ1) is 9.95. The maximum absolute atomic E-state index is 12.2. The van der Waals surface area contributed by atoms with Crippen LogP contribution in [0.5, 0.6) is 0 Å². The molecule has 6 nitrogen and oxygen atoms in total. The van der Waals surface area contributed by atoms with E-state index in [0.29, 0.717) is 0 Å². The molecule has 0 spiro atoms. The lowest BCUT2D eigenvalue weighted by Gasteiger charge is -2.30. The average Bonchev–Trinajstić information content (AvgIpc) is 2.96. The van der Waals surface area contributed by atoms with Gasteiger partial charge in [0.25, 0.3) is 0 Å². The van der Waals surface area contributed by atoms with E-state index in [1.165, 1.54) is 11.4 Å². The zero-order chi connectivity index (χ0) is 15.5. The summed E-state index contributed by atoms with van der Waals surface area (Å²) >= 11 is 0.892. The van der Waals surface area contributed by atoms with Crippen LogP contribution in [0.15, 0.2) is 16.3 Å². The molecule has 118 valence electrons. The number of aliphatic hydroxyl groups is 1. The number of hydrogen-bond acceptors (Lipinski definition) is 5. The van der Waals surface area contributed by atoms with Crippen LogP contribution in [0.2, 0.25) is 0 Å². The molecule has 3 N–H and O–H groups in total. The number of sulfonamides is 1. The highest BCUT2D eigenvalue weighted by atomic mass is 32.2. The number of aliphatic hydroxyl groups excluding tert-OH is 1. The monoisotopic (exact) mass is 333 g/mol. The van der Waals surface area contributed by atoms with Gasteiger partial charge in [-0.2, -0.15) is 0 Å². The Hall–Kier alpha value is -0.960. The molecule has 2 rings (SSSR count). The molecule has 1 aromatic heterocycles. The summed E-state index contributed by atoms with van der Waals surface area (Å²) in [6.45, 7) is 0.299. The molecule has 1 aromatic rings. The van der Waals surface area contributed by atoms with Gasteiger partial charge in [0.15, 0.2) is 0 Å². The summed E-state index contributed by atoms with van der Waals surface area (Å²) in [7, 11) is -3.83. The number of rotatable bonds is 6. The van der Waals surface area contributed by atoms with Gasteiger partial charge < -0.3 is 10.2 Å². The topological polar surface area (TPSA) is 104 Å². The van der Waals surface area contributed by atoms with Gasteiger partial charge in [0.2, 0.25) is 10.0 Å². The van der Waals surface area contributed by atoms with E-state index in [2.05, 4.69) is 4.72 Å². The molecule has 0 amide bonds. The second kappa shape index (κ2) is 6.87. The van der Waals surface area contributed by atoms with E-state index in [0.717, 1.165) is 37.0 Å². The van der Waals surface area contributed by atoms with Gasteiger partial charge in [-0.15, -0.1) is 11.3 Å². The fourth-order valence-corrected chi connectivity index (χ4v) is 5.11. The number of nitrogens with one attached hydrogen (secondary N) is 1. The lowest BCUT2D eigenvalue weighted by molar-refractivity contribution is 0.0698. The van der Waals surface area contributed by atoms with E-state index in [-0.39, 0.29) is 34.8 Å². The third kappa shape index (κ3) is 3.82. The normalized spacial score (nSPS) is 23.1. The summed E-state index contributed by atoms with van der Waals surface area (Å²) in [5.74, 6) is -1.02. The van der Waals surface area contributed by atoms with Crippen LogP contribution in [0.25, 0.3) is 0 Å². The van der Waals surface area contributed by atoms with E-state index in [9.17, 15) is 18.3 Å². The molecule has 0 radical (unpaired) electrons. The fourth-order valence-electron chi connectivity index (χ4n) is 2.75. The van der Waals surface area contributed by atoms with Crippen LogP contribution in [0.3, 0.4) is 0 Å². The molecule has 0 saturated heterocycles. The molecule has 0 aliphatic heterocycles. The summed E-state index contributed by atoms with van der Waals surface area (Å²) < 4.78 is 26.9. The number of thiophene rings is 1. The Bertz CT molecular complexity index is 595. The van der Waals surface area contributed by atoms with Crippen LogP contribution >= 0.6 is 11.3 Å². The number of carboxylic acid groups (broad SMARTS) is 1. The molecule has 0 bridgehead atoms. The average molecular weight is 333 g/mol. The molecule has 1 aliphatic carbocycles. The number of hydrogen-bond donors (Lipinski definition) is 3. The molecule has 8 heteroatoms. The first-order valence-corrected chi connectivity index (χ1v) is 9.23. The predicted octanol–water partition coefficient (Wildman–Crippen LogP) is 1.52. The molecule has 0 aromatic carbocycles.